The van der Waals surface area contributed by atoms with Crippen LogP contribution < -0.4 is 4.72 Å². The molecule has 1 fully saturated rings. The second-order valence-corrected chi connectivity index (χ2v) is 6.25. The first-order chi connectivity index (χ1) is 8.17. The van der Waals surface area contributed by atoms with Gasteiger partial charge in [-0.15, -0.1) is 0 Å². The molecule has 5 nitrogen and oxygen atoms in total. The summed E-state index contributed by atoms with van der Waals surface area (Å²) in [6.45, 7) is 1.94. The smallest absolute Gasteiger partial charge is 0.279 e. The zero-order valence-corrected chi connectivity index (χ0v) is 11.2. The Bertz CT molecular complexity index is 285. The quantitative estimate of drug-likeness (QED) is 0.670. The minimum atomic E-state index is -3.27. The second kappa shape index (κ2) is 8.02. The summed E-state index contributed by atoms with van der Waals surface area (Å²) in [7, 11) is -3.27. The summed E-state index contributed by atoms with van der Waals surface area (Å²) in [6.07, 6.45) is 6.57. The van der Waals surface area contributed by atoms with Crippen molar-refractivity contribution in [1.82, 2.24) is 9.03 Å². The van der Waals surface area contributed by atoms with E-state index in [0.29, 0.717) is 19.6 Å². The van der Waals surface area contributed by atoms with E-state index in [4.69, 9.17) is 5.11 Å². The minimum absolute atomic E-state index is 0.179. The van der Waals surface area contributed by atoms with Crippen molar-refractivity contribution in [1.29, 1.82) is 0 Å². The molecular weight excluding hydrogens is 240 g/mol. The number of aliphatic hydroxyl groups is 1. The number of hydrogen-bond donors (Lipinski definition) is 2. The molecule has 0 radical (unpaired) electrons. The summed E-state index contributed by atoms with van der Waals surface area (Å²) in [6, 6.07) is 0. The fraction of sp³-hybridized carbons (Fsp3) is 1.00. The molecule has 0 saturated carbocycles. The first kappa shape index (κ1) is 14.9. The van der Waals surface area contributed by atoms with Crippen LogP contribution in [-0.4, -0.2) is 44.1 Å². The molecule has 2 N–H and O–H groups in total. The Labute approximate surface area is 104 Å². The number of nitrogens with zero attached hydrogens (tertiary/aromatic N) is 1. The monoisotopic (exact) mass is 264 g/mol. The lowest BCUT2D eigenvalue weighted by atomic mass is 10.2. The van der Waals surface area contributed by atoms with Gasteiger partial charge < -0.3 is 5.11 Å². The van der Waals surface area contributed by atoms with Gasteiger partial charge in [0.05, 0.1) is 0 Å². The van der Waals surface area contributed by atoms with Crippen LogP contribution in [0.5, 0.6) is 0 Å². The second-order valence-electron chi connectivity index (χ2n) is 4.50. The molecule has 1 heterocycles. The van der Waals surface area contributed by atoms with Gasteiger partial charge in [-0.05, 0) is 32.1 Å². The van der Waals surface area contributed by atoms with Crippen molar-refractivity contribution in [3.8, 4) is 0 Å². The molecule has 1 saturated heterocycles. The van der Waals surface area contributed by atoms with Crippen LogP contribution in [0, 0.1) is 0 Å². The number of nitrogens with one attached hydrogen (secondary N) is 1. The van der Waals surface area contributed by atoms with Gasteiger partial charge in [-0.25, -0.2) is 4.72 Å². The van der Waals surface area contributed by atoms with Crippen molar-refractivity contribution in [3.63, 3.8) is 0 Å². The van der Waals surface area contributed by atoms with Gasteiger partial charge in [0.15, 0.2) is 0 Å². The summed E-state index contributed by atoms with van der Waals surface area (Å²) in [5.74, 6) is 0. The molecule has 0 bridgehead atoms. The zero-order chi connectivity index (χ0) is 12.6. The van der Waals surface area contributed by atoms with Crippen LogP contribution in [0.3, 0.4) is 0 Å². The van der Waals surface area contributed by atoms with Gasteiger partial charge in [0.1, 0.15) is 0 Å². The van der Waals surface area contributed by atoms with Crippen molar-refractivity contribution in [2.45, 2.75) is 44.9 Å². The molecule has 6 heteroatoms. The van der Waals surface area contributed by atoms with E-state index in [2.05, 4.69) is 4.72 Å². The number of aliphatic hydroxyl groups excluding tert-OH is 1. The fourth-order valence-corrected chi connectivity index (χ4v) is 3.31. The largest absolute Gasteiger partial charge is 0.396 e. The maximum atomic E-state index is 11.9. The summed E-state index contributed by atoms with van der Waals surface area (Å²) in [4.78, 5) is 0. The summed E-state index contributed by atoms with van der Waals surface area (Å²) in [5.41, 5.74) is 0. The predicted molar refractivity (Wildman–Crippen MR) is 67.9 cm³/mol. The third-order valence-electron chi connectivity index (χ3n) is 3.02. The Balaban J connectivity index is 2.28. The highest BCUT2D eigenvalue weighted by molar-refractivity contribution is 7.87. The fourth-order valence-electron chi connectivity index (χ4n) is 1.99. The normalized spacial score (nSPS) is 19.1. The number of unbranched alkanes of at least 4 members (excludes halogenated alkanes) is 2. The van der Waals surface area contributed by atoms with Crippen LogP contribution in [0.1, 0.15) is 44.9 Å². The molecule has 0 unspecified atom stereocenters. The molecule has 0 aromatic carbocycles. The summed E-state index contributed by atoms with van der Waals surface area (Å²) in [5, 5.41) is 8.61. The zero-order valence-electron chi connectivity index (χ0n) is 10.4. The molecule has 1 rings (SSSR count). The molecule has 0 amide bonds. The molecule has 1 aliphatic rings. The van der Waals surface area contributed by atoms with Gasteiger partial charge in [-0.3, -0.25) is 0 Å². The van der Waals surface area contributed by atoms with Gasteiger partial charge in [-0.1, -0.05) is 12.8 Å². The van der Waals surface area contributed by atoms with Crippen LogP contribution in [0.4, 0.5) is 0 Å². The van der Waals surface area contributed by atoms with Crippen LogP contribution in [0.25, 0.3) is 0 Å². The van der Waals surface area contributed by atoms with Gasteiger partial charge in [0.25, 0.3) is 10.2 Å². The Kier molecular flexibility index (Phi) is 7.03. The SMILES string of the molecule is O=S(=O)(NCCCCCO)N1CCCCCC1. The Morgan fingerprint density at radius 3 is 2.24 bits per heavy atom. The highest BCUT2D eigenvalue weighted by Crippen LogP contribution is 2.12. The molecule has 102 valence electrons. The lowest BCUT2D eigenvalue weighted by Crippen LogP contribution is -2.41. The van der Waals surface area contributed by atoms with Gasteiger partial charge in [0.2, 0.25) is 0 Å². The van der Waals surface area contributed by atoms with Gasteiger partial charge in [-0.2, -0.15) is 12.7 Å². The van der Waals surface area contributed by atoms with E-state index in [1.54, 1.807) is 4.31 Å². The Morgan fingerprint density at radius 1 is 1.00 bits per heavy atom. The lowest BCUT2D eigenvalue weighted by Gasteiger charge is -2.20. The van der Waals surface area contributed by atoms with Crippen LogP contribution in [0.2, 0.25) is 0 Å². The maximum absolute atomic E-state index is 11.9. The summed E-state index contributed by atoms with van der Waals surface area (Å²) >= 11 is 0. The highest BCUT2D eigenvalue weighted by atomic mass is 32.2. The van der Waals surface area contributed by atoms with E-state index in [0.717, 1.165) is 44.9 Å². The van der Waals surface area contributed by atoms with Crippen LogP contribution >= 0.6 is 0 Å². The third kappa shape index (κ3) is 5.81. The Morgan fingerprint density at radius 2 is 1.65 bits per heavy atom. The van der Waals surface area contributed by atoms with E-state index >= 15 is 0 Å². The first-order valence-electron chi connectivity index (χ1n) is 6.52. The minimum Gasteiger partial charge on any atom is -0.396 e. The number of hydrogen-bond acceptors (Lipinski definition) is 3. The molecule has 0 atom stereocenters. The lowest BCUT2D eigenvalue weighted by molar-refractivity contribution is 0.283. The van der Waals surface area contributed by atoms with Gasteiger partial charge in [0, 0.05) is 26.2 Å². The molecular formula is C11H24N2O3S. The molecule has 1 aliphatic heterocycles. The van der Waals surface area contributed by atoms with Gasteiger partial charge >= 0.3 is 0 Å². The van der Waals surface area contributed by atoms with E-state index < -0.39 is 10.2 Å². The molecule has 0 aromatic heterocycles. The Hall–Kier alpha value is -0.170. The average Bonchev–Trinajstić information content (AvgIpc) is 2.57. The standard InChI is InChI=1S/C11H24N2O3S/c14-11-7-3-4-8-12-17(15,16)13-9-5-1-2-6-10-13/h12,14H,1-11H2. The van der Waals surface area contributed by atoms with Crippen LogP contribution in [0.15, 0.2) is 0 Å². The van der Waals surface area contributed by atoms with E-state index in [1.165, 1.54) is 0 Å². The maximum Gasteiger partial charge on any atom is 0.279 e. The molecule has 17 heavy (non-hydrogen) atoms. The first-order valence-corrected chi connectivity index (χ1v) is 7.96. The topological polar surface area (TPSA) is 69.6 Å². The van der Waals surface area contributed by atoms with E-state index in [1.807, 2.05) is 0 Å². The highest BCUT2D eigenvalue weighted by Gasteiger charge is 2.21. The molecule has 0 aliphatic carbocycles. The van der Waals surface area contributed by atoms with Crippen molar-refractivity contribution < 1.29 is 13.5 Å². The van der Waals surface area contributed by atoms with Crippen LogP contribution in [-0.2, 0) is 10.2 Å². The van der Waals surface area contributed by atoms with Crippen molar-refractivity contribution in [2.24, 2.45) is 0 Å². The van der Waals surface area contributed by atoms with E-state index in [-0.39, 0.29) is 6.61 Å². The molecule has 0 spiro atoms. The predicted octanol–water partition coefficient (Wildman–Crippen LogP) is 0.859. The van der Waals surface area contributed by atoms with E-state index in [9.17, 15) is 8.42 Å². The molecule has 0 aromatic rings. The van der Waals surface area contributed by atoms with Crippen molar-refractivity contribution >= 4 is 10.2 Å². The number of rotatable bonds is 7. The van der Waals surface area contributed by atoms with Crippen molar-refractivity contribution in [3.05, 3.63) is 0 Å². The summed E-state index contributed by atoms with van der Waals surface area (Å²) < 4.78 is 28.1. The average molecular weight is 264 g/mol. The third-order valence-corrected chi connectivity index (χ3v) is 4.64. The van der Waals surface area contributed by atoms with Crippen molar-refractivity contribution in [2.75, 3.05) is 26.2 Å².